The van der Waals surface area contributed by atoms with Crippen LogP contribution < -0.4 is 10.1 Å². The quantitative estimate of drug-likeness (QED) is 0.583. The van der Waals surface area contributed by atoms with Crippen LogP contribution in [-0.2, 0) is 4.79 Å². The minimum atomic E-state index is -0.514. The van der Waals surface area contributed by atoms with Gasteiger partial charge >= 0.3 is 0 Å². The van der Waals surface area contributed by atoms with Crippen molar-refractivity contribution in [1.29, 1.82) is 0 Å². The fourth-order valence-electron chi connectivity index (χ4n) is 2.12. The summed E-state index contributed by atoms with van der Waals surface area (Å²) < 4.78 is 18.6. The Hall–Kier alpha value is -2.57. The van der Waals surface area contributed by atoms with Gasteiger partial charge in [-0.1, -0.05) is 36.4 Å². The second kappa shape index (κ2) is 8.21. The third kappa shape index (κ3) is 4.53. The molecule has 0 aromatic heterocycles. The van der Waals surface area contributed by atoms with Crippen molar-refractivity contribution in [3.8, 4) is 5.75 Å². The number of benzene rings is 2. The van der Waals surface area contributed by atoms with Crippen molar-refractivity contribution in [2.45, 2.75) is 0 Å². The van der Waals surface area contributed by atoms with E-state index in [0.29, 0.717) is 22.4 Å². The van der Waals surface area contributed by atoms with E-state index in [2.05, 4.69) is 16.9 Å². The third-order valence-electron chi connectivity index (χ3n) is 3.33. The van der Waals surface area contributed by atoms with Crippen LogP contribution in [-0.4, -0.2) is 17.7 Å². The number of rotatable bonds is 5. The van der Waals surface area contributed by atoms with E-state index in [4.69, 9.17) is 16.3 Å². The Morgan fingerprint density at radius 3 is 2.73 bits per heavy atom. The van der Waals surface area contributed by atoms with Gasteiger partial charge in [-0.2, -0.15) is 0 Å². The number of halogens is 2. The number of carbonyl (C=O) groups excluding carboxylic acids is 1. The van der Waals surface area contributed by atoms with Gasteiger partial charge in [0.05, 0.1) is 15.6 Å². The van der Waals surface area contributed by atoms with E-state index in [-0.39, 0.29) is 10.9 Å². The van der Waals surface area contributed by atoms with Crippen LogP contribution in [0.15, 0.2) is 65.0 Å². The zero-order valence-electron chi connectivity index (χ0n) is 13.5. The Labute approximate surface area is 159 Å². The normalized spacial score (nSPS) is 16.8. The van der Waals surface area contributed by atoms with Crippen molar-refractivity contribution in [3.05, 3.63) is 76.4 Å². The average Bonchev–Trinajstić information content (AvgIpc) is 2.96. The minimum absolute atomic E-state index is 0.0179. The van der Waals surface area contributed by atoms with Crippen molar-refractivity contribution >= 4 is 46.2 Å². The molecule has 0 bridgehead atoms. The fraction of sp³-hybridized carbons (Fsp3) is 0.0526. The van der Waals surface area contributed by atoms with Gasteiger partial charge in [-0.25, -0.2) is 9.38 Å². The number of aliphatic imine (C=N–C) groups is 1. The molecule has 26 heavy (non-hydrogen) atoms. The van der Waals surface area contributed by atoms with E-state index in [1.165, 1.54) is 30.0 Å². The molecular formula is C19H14ClFN2O2S. The lowest BCUT2D eigenvalue weighted by atomic mass is 10.2. The first kappa shape index (κ1) is 18.2. The van der Waals surface area contributed by atoms with Crippen LogP contribution >= 0.6 is 23.4 Å². The van der Waals surface area contributed by atoms with E-state index in [9.17, 15) is 9.18 Å². The maximum Gasteiger partial charge on any atom is 0.264 e. The maximum atomic E-state index is 13.2. The third-order valence-corrected chi connectivity index (χ3v) is 4.53. The van der Waals surface area contributed by atoms with Gasteiger partial charge in [-0.05, 0) is 53.7 Å². The molecule has 1 heterocycles. The molecule has 2 aromatic rings. The van der Waals surface area contributed by atoms with Crippen molar-refractivity contribution in [3.63, 3.8) is 0 Å². The van der Waals surface area contributed by atoms with Gasteiger partial charge < -0.3 is 10.1 Å². The summed E-state index contributed by atoms with van der Waals surface area (Å²) >= 11 is 6.95. The molecule has 1 N–H and O–H groups in total. The molecule has 1 aliphatic heterocycles. The molecule has 1 aliphatic rings. The monoisotopic (exact) mass is 388 g/mol. The zero-order chi connectivity index (χ0) is 18.5. The van der Waals surface area contributed by atoms with Gasteiger partial charge in [0.15, 0.2) is 5.17 Å². The Morgan fingerprint density at radius 1 is 1.27 bits per heavy atom. The molecular weight excluding hydrogens is 375 g/mol. The van der Waals surface area contributed by atoms with Gasteiger partial charge in [-0.3, -0.25) is 4.79 Å². The number of hydrogen-bond donors (Lipinski definition) is 1. The molecule has 0 atom stereocenters. The largest absolute Gasteiger partial charge is 0.490 e. The lowest BCUT2D eigenvalue weighted by Gasteiger charge is -2.03. The zero-order valence-corrected chi connectivity index (χ0v) is 15.1. The van der Waals surface area contributed by atoms with Gasteiger partial charge in [0.2, 0.25) is 0 Å². The lowest BCUT2D eigenvalue weighted by molar-refractivity contribution is -0.115. The van der Waals surface area contributed by atoms with Crippen LogP contribution in [0, 0.1) is 5.82 Å². The lowest BCUT2D eigenvalue weighted by Crippen LogP contribution is -2.19. The summed E-state index contributed by atoms with van der Waals surface area (Å²) in [6.07, 6.45) is 3.43. The molecule has 1 amide bonds. The molecule has 1 fully saturated rings. The van der Waals surface area contributed by atoms with Gasteiger partial charge in [0.25, 0.3) is 5.91 Å². The Kier molecular flexibility index (Phi) is 5.75. The first-order valence-corrected chi connectivity index (χ1v) is 8.83. The second-order valence-electron chi connectivity index (χ2n) is 5.25. The molecule has 0 unspecified atom stereocenters. The van der Waals surface area contributed by atoms with E-state index in [1.807, 2.05) is 24.3 Å². The highest BCUT2D eigenvalue weighted by Gasteiger charge is 2.23. The summed E-state index contributed by atoms with van der Waals surface area (Å²) in [6.45, 7) is 4.03. The standard InChI is InChI=1S/C19H14ClFN2O2S/c1-2-9-25-14-6-3-12(4-7-14)10-17-18(24)23-19(26-17)22-13-5-8-16(21)15(20)11-13/h2-8,10-11H,1,9H2,(H,22,23,24). The van der Waals surface area contributed by atoms with E-state index in [0.717, 1.165) is 11.3 Å². The predicted molar refractivity (Wildman–Crippen MR) is 104 cm³/mol. The van der Waals surface area contributed by atoms with Gasteiger partial charge in [-0.15, -0.1) is 0 Å². The maximum absolute atomic E-state index is 13.2. The minimum Gasteiger partial charge on any atom is -0.490 e. The average molecular weight is 389 g/mol. The van der Waals surface area contributed by atoms with Crippen LogP contribution in [0.25, 0.3) is 6.08 Å². The SMILES string of the molecule is C=CCOc1ccc(C=C2SC(=Nc3ccc(F)c(Cl)c3)NC2=O)cc1. The highest BCUT2D eigenvalue weighted by atomic mass is 35.5. The van der Waals surface area contributed by atoms with Crippen LogP contribution in [0.3, 0.4) is 0 Å². The summed E-state index contributed by atoms with van der Waals surface area (Å²) in [5, 5.41) is 3.07. The van der Waals surface area contributed by atoms with Crippen molar-refractivity contribution < 1.29 is 13.9 Å². The van der Waals surface area contributed by atoms with Crippen LogP contribution in [0.1, 0.15) is 5.56 Å². The Morgan fingerprint density at radius 2 is 2.04 bits per heavy atom. The number of nitrogens with one attached hydrogen (secondary N) is 1. The molecule has 4 nitrogen and oxygen atoms in total. The van der Waals surface area contributed by atoms with Crippen LogP contribution in [0.5, 0.6) is 5.75 Å². The second-order valence-corrected chi connectivity index (χ2v) is 6.69. The molecule has 1 saturated heterocycles. The number of hydrogen-bond acceptors (Lipinski definition) is 4. The predicted octanol–water partition coefficient (Wildman–Crippen LogP) is 4.94. The molecule has 0 spiro atoms. The summed E-state index contributed by atoms with van der Waals surface area (Å²) in [5.74, 6) is -0.0280. The topological polar surface area (TPSA) is 50.7 Å². The number of amides is 1. The Balaban J connectivity index is 1.74. The van der Waals surface area contributed by atoms with Crippen LogP contribution in [0.2, 0.25) is 5.02 Å². The van der Waals surface area contributed by atoms with E-state index in [1.54, 1.807) is 12.2 Å². The molecule has 2 aromatic carbocycles. The van der Waals surface area contributed by atoms with Crippen LogP contribution in [0.4, 0.5) is 10.1 Å². The number of amidine groups is 1. The molecule has 7 heteroatoms. The summed E-state index contributed by atoms with van der Waals surface area (Å²) in [5.41, 5.74) is 1.32. The molecule has 3 rings (SSSR count). The first-order chi connectivity index (χ1) is 12.5. The summed E-state index contributed by atoms with van der Waals surface area (Å²) in [7, 11) is 0. The highest BCUT2D eigenvalue weighted by molar-refractivity contribution is 8.18. The van der Waals surface area contributed by atoms with E-state index < -0.39 is 5.82 Å². The number of thioether (sulfide) groups is 1. The van der Waals surface area contributed by atoms with Crippen molar-refractivity contribution in [2.75, 3.05) is 6.61 Å². The van der Waals surface area contributed by atoms with E-state index >= 15 is 0 Å². The number of carbonyl (C=O) groups is 1. The fourth-order valence-corrected chi connectivity index (χ4v) is 3.14. The van der Waals surface area contributed by atoms with Crippen molar-refractivity contribution in [1.82, 2.24) is 5.32 Å². The van der Waals surface area contributed by atoms with Gasteiger partial charge in [0, 0.05) is 0 Å². The molecule has 0 radical (unpaired) electrons. The molecule has 0 saturated carbocycles. The molecule has 132 valence electrons. The summed E-state index contributed by atoms with van der Waals surface area (Å²) in [4.78, 5) is 16.9. The van der Waals surface area contributed by atoms with Crippen molar-refractivity contribution in [2.24, 2.45) is 4.99 Å². The summed E-state index contributed by atoms with van der Waals surface area (Å²) in [6, 6.07) is 11.5. The number of ether oxygens (including phenoxy) is 1. The highest BCUT2D eigenvalue weighted by Crippen LogP contribution is 2.29. The van der Waals surface area contributed by atoms with Gasteiger partial charge in [0.1, 0.15) is 18.2 Å². The first-order valence-electron chi connectivity index (χ1n) is 7.63. The Bertz CT molecular complexity index is 910. The number of nitrogens with zero attached hydrogens (tertiary/aromatic N) is 1. The molecule has 0 aliphatic carbocycles. The smallest absolute Gasteiger partial charge is 0.264 e.